The van der Waals surface area contributed by atoms with Gasteiger partial charge in [-0.05, 0) is 48.8 Å². The minimum absolute atomic E-state index is 0.0947. The molecular formula is C21H31FO2. The molecule has 1 aliphatic heterocycles. The standard InChI is InChI=1S/C21H31FO2/c1-2-3-16-4-9-18(10-5-16)19-14-23-21(24-15-19)13-8-17-6-11-20(22)12-7-17/h6-7,11-12,16,18-19,21H,2-5,8-10,13-15H2,1H3. The van der Waals surface area contributed by atoms with Gasteiger partial charge < -0.3 is 9.47 Å². The van der Waals surface area contributed by atoms with E-state index in [-0.39, 0.29) is 12.1 Å². The lowest BCUT2D eigenvalue weighted by Gasteiger charge is -2.37. The Balaban J connectivity index is 1.36. The van der Waals surface area contributed by atoms with Gasteiger partial charge in [-0.3, -0.25) is 0 Å². The van der Waals surface area contributed by atoms with Gasteiger partial charge in [-0.1, -0.05) is 44.7 Å². The van der Waals surface area contributed by atoms with Crippen molar-refractivity contribution in [1.82, 2.24) is 0 Å². The smallest absolute Gasteiger partial charge is 0.157 e. The van der Waals surface area contributed by atoms with E-state index in [1.54, 1.807) is 0 Å². The Hall–Kier alpha value is -0.930. The van der Waals surface area contributed by atoms with Crippen LogP contribution >= 0.6 is 0 Å². The molecular weight excluding hydrogens is 303 g/mol. The Morgan fingerprint density at radius 2 is 1.58 bits per heavy atom. The minimum Gasteiger partial charge on any atom is -0.352 e. The van der Waals surface area contributed by atoms with Crippen LogP contribution in [0.4, 0.5) is 4.39 Å². The van der Waals surface area contributed by atoms with Crippen molar-refractivity contribution in [2.45, 2.75) is 64.6 Å². The first kappa shape index (κ1) is 17.9. The third-order valence-corrected chi connectivity index (χ3v) is 5.83. The average Bonchev–Trinajstić information content (AvgIpc) is 2.63. The molecule has 1 aromatic carbocycles. The van der Waals surface area contributed by atoms with E-state index in [2.05, 4.69) is 6.92 Å². The molecule has 1 saturated carbocycles. The van der Waals surface area contributed by atoms with Crippen LogP contribution in [0.5, 0.6) is 0 Å². The van der Waals surface area contributed by atoms with Crippen molar-refractivity contribution in [2.75, 3.05) is 13.2 Å². The number of hydrogen-bond donors (Lipinski definition) is 0. The van der Waals surface area contributed by atoms with Gasteiger partial charge in [0.05, 0.1) is 13.2 Å². The van der Waals surface area contributed by atoms with Crippen molar-refractivity contribution < 1.29 is 13.9 Å². The maximum absolute atomic E-state index is 12.9. The second-order valence-corrected chi connectivity index (χ2v) is 7.59. The summed E-state index contributed by atoms with van der Waals surface area (Å²) in [5.41, 5.74) is 1.14. The maximum Gasteiger partial charge on any atom is 0.157 e. The third kappa shape index (κ3) is 5.03. The van der Waals surface area contributed by atoms with Crippen molar-refractivity contribution in [3.05, 3.63) is 35.6 Å². The molecule has 3 rings (SSSR count). The molecule has 0 atom stereocenters. The molecule has 0 N–H and O–H groups in total. The first-order valence-corrected chi connectivity index (χ1v) is 9.72. The predicted molar refractivity (Wildman–Crippen MR) is 94.3 cm³/mol. The number of rotatable bonds is 6. The van der Waals surface area contributed by atoms with E-state index in [1.807, 2.05) is 12.1 Å². The molecule has 1 aromatic rings. The summed E-state index contributed by atoms with van der Waals surface area (Å²) >= 11 is 0. The second kappa shape index (κ2) is 8.96. The lowest BCUT2D eigenvalue weighted by molar-refractivity contribution is -0.212. The highest BCUT2D eigenvalue weighted by Gasteiger charge is 2.31. The molecule has 2 fully saturated rings. The summed E-state index contributed by atoms with van der Waals surface area (Å²) < 4.78 is 24.9. The van der Waals surface area contributed by atoms with E-state index in [0.717, 1.165) is 43.5 Å². The van der Waals surface area contributed by atoms with Gasteiger partial charge in [0.15, 0.2) is 6.29 Å². The van der Waals surface area contributed by atoms with Crippen molar-refractivity contribution in [2.24, 2.45) is 17.8 Å². The van der Waals surface area contributed by atoms with Crippen molar-refractivity contribution in [3.8, 4) is 0 Å². The summed E-state index contributed by atoms with van der Waals surface area (Å²) in [4.78, 5) is 0. The Labute approximate surface area is 145 Å². The van der Waals surface area contributed by atoms with Crippen LogP contribution in [0, 0.1) is 23.6 Å². The normalized spacial score (nSPS) is 31.1. The predicted octanol–water partition coefficient (Wildman–Crippen LogP) is 5.35. The SMILES string of the molecule is CCCC1CCC(C2COC(CCc3ccc(F)cc3)OC2)CC1. The van der Waals surface area contributed by atoms with Crippen LogP contribution < -0.4 is 0 Å². The Kier molecular flexibility index (Phi) is 6.67. The van der Waals surface area contributed by atoms with Crippen LogP contribution in [-0.4, -0.2) is 19.5 Å². The molecule has 3 heteroatoms. The van der Waals surface area contributed by atoms with Gasteiger partial charge in [0.2, 0.25) is 0 Å². The lowest BCUT2D eigenvalue weighted by Crippen LogP contribution is -2.37. The van der Waals surface area contributed by atoms with Gasteiger partial charge in [0.1, 0.15) is 5.82 Å². The van der Waals surface area contributed by atoms with Crippen molar-refractivity contribution >= 4 is 0 Å². The number of halogens is 1. The Morgan fingerprint density at radius 3 is 2.21 bits per heavy atom. The van der Waals surface area contributed by atoms with Crippen LogP contribution in [0.15, 0.2) is 24.3 Å². The summed E-state index contributed by atoms with van der Waals surface area (Å²) in [6.45, 7) is 3.98. The van der Waals surface area contributed by atoms with Gasteiger partial charge in [-0.15, -0.1) is 0 Å². The van der Waals surface area contributed by atoms with Crippen LogP contribution in [0.3, 0.4) is 0 Å². The monoisotopic (exact) mass is 334 g/mol. The van der Waals surface area contributed by atoms with E-state index < -0.39 is 0 Å². The summed E-state index contributed by atoms with van der Waals surface area (Å²) in [6, 6.07) is 6.72. The van der Waals surface area contributed by atoms with Gasteiger partial charge >= 0.3 is 0 Å². The zero-order chi connectivity index (χ0) is 16.8. The third-order valence-electron chi connectivity index (χ3n) is 5.83. The fourth-order valence-corrected chi connectivity index (χ4v) is 4.29. The summed E-state index contributed by atoms with van der Waals surface area (Å²) in [5.74, 6) is 2.14. The fraction of sp³-hybridized carbons (Fsp3) is 0.714. The zero-order valence-electron chi connectivity index (χ0n) is 14.9. The van der Waals surface area contributed by atoms with Crippen LogP contribution in [0.2, 0.25) is 0 Å². The Bertz CT molecular complexity index is 471. The average molecular weight is 334 g/mol. The molecule has 24 heavy (non-hydrogen) atoms. The highest BCUT2D eigenvalue weighted by atomic mass is 19.1. The largest absolute Gasteiger partial charge is 0.352 e. The van der Waals surface area contributed by atoms with E-state index in [9.17, 15) is 4.39 Å². The van der Waals surface area contributed by atoms with Crippen molar-refractivity contribution in [3.63, 3.8) is 0 Å². The van der Waals surface area contributed by atoms with Crippen molar-refractivity contribution in [1.29, 1.82) is 0 Å². The summed E-state index contributed by atoms with van der Waals surface area (Å²) in [6.07, 6.45) is 9.83. The van der Waals surface area contributed by atoms with E-state index >= 15 is 0 Å². The molecule has 0 aromatic heterocycles. The molecule has 1 heterocycles. The second-order valence-electron chi connectivity index (χ2n) is 7.59. The lowest BCUT2D eigenvalue weighted by atomic mass is 9.75. The van der Waals surface area contributed by atoms with Gasteiger partial charge in [0, 0.05) is 12.3 Å². The van der Waals surface area contributed by atoms with Crippen LogP contribution in [-0.2, 0) is 15.9 Å². The summed E-state index contributed by atoms with van der Waals surface area (Å²) in [7, 11) is 0. The summed E-state index contributed by atoms with van der Waals surface area (Å²) in [5, 5.41) is 0. The number of aryl methyl sites for hydroxylation is 1. The Morgan fingerprint density at radius 1 is 0.917 bits per heavy atom. The molecule has 2 aliphatic rings. The molecule has 134 valence electrons. The first-order valence-electron chi connectivity index (χ1n) is 9.72. The topological polar surface area (TPSA) is 18.5 Å². The fourth-order valence-electron chi connectivity index (χ4n) is 4.29. The number of ether oxygens (including phenoxy) is 2. The number of benzene rings is 1. The zero-order valence-corrected chi connectivity index (χ0v) is 14.9. The highest BCUT2D eigenvalue weighted by molar-refractivity contribution is 5.16. The maximum atomic E-state index is 12.9. The molecule has 0 bridgehead atoms. The van der Waals surface area contributed by atoms with Crippen LogP contribution in [0.1, 0.15) is 57.4 Å². The molecule has 0 radical (unpaired) electrons. The van der Waals surface area contributed by atoms with E-state index in [4.69, 9.17) is 9.47 Å². The minimum atomic E-state index is -0.180. The number of hydrogen-bond acceptors (Lipinski definition) is 2. The quantitative estimate of drug-likeness (QED) is 0.698. The first-order chi connectivity index (χ1) is 11.7. The van der Waals surface area contributed by atoms with Gasteiger partial charge in [-0.25, -0.2) is 4.39 Å². The van der Waals surface area contributed by atoms with Gasteiger partial charge in [0.25, 0.3) is 0 Å². The molecule has 2 nitrogen and oxygen atoms in total. The highest BCUT2D eigenvalue weighted by Crippen LogP contribution is 2.37. The molecule has 0 amide bonds. The van der Waals surface area contributed by atoms with E-state index in [0.29, 0.717) is 5.92 Å². The molecule has 1 saturated heterocycles. The van der Waals surface area contributed by atoms with Gasteiger partial charge in [-0.2, -0.15) is 0 Å². The molecule has 0 unspecified atom stereocenters. The van der Waals surface area contributed by atoms with E-state index in [1.165, 1.54) is 50.7 Å². The van der Waals surface area contributed by atoms with Crippen LogP contribution in [0.25, 0.3) is 0 Å². The molecule has 1 aliphatic carbocycles. The molecule has 0 spiro atoms.